The normalized spacial score (nSPS) is 47.6. The monoisotopic (exact) mass is 577 g/mol. The summed E-state index contributed by atoms with van der Waals surface area (Å²) in [5.41, 5.74) is -2.38. The predicted octanol–water partition coefficient (Wildman–Crippen LogP) is 1.74. The van der Waals surface area contributed by atoms with Crippen LogP contribution in [0.3, 0.4) is 0 Å². The van der Waals surface area contributed by atoms with Crippen molar-refractivity contribution in [3.8, 4) is 0 Å². The smallest absolute Gasteiger partial charge is 0.338 e. The number of benzene rings is 1. The number of aldehydes is 1. The van der Waals surface area contributed by atoms with Crippen molar-refractivity contribution >= 4 is 30.0 Å². The summed E-state index contributed by atoms with van der Waals surface area (Å²) in [6.07, 6.45) is -2.83. The summed E-state index contributed by atoms with van der Waals surface area (Å²) >= 11 is 0. The van der Waals surface area contributed by atoms with E-state index in [-0.39, 0.29) is 12.2 Å². The van der Waals surface area contributed by atoms with E-state index < -0.39 is 94.3 Å². The average molecular weight is 578 g/mol. The third-order valence-electron chi connectivity index (χ3n) is 11.7. The number of hydrogen-bond donors (Lipinski definition) is 1. The molecule has 1 aromatic rings. The number of ether oxygens (including phenoxy) is 3. The van der Waals surface area contributed by atoms with E-state index in [2.05, 4.69) is 6.58 Å². The average Bonchev–Trinajstić information content (AvgIpc) is 3.25. The van der Waals surface area contributed by atoms with Gasteiger partial charge in [0.05, 0.1) is 23.6 Å². The number of Topliss-reactive ketones (excluding diaryl/α,β-unsaturated/α-hetero) is 1. The Labute approximate surface area is 243 Å². The molecular weight excluding hydrogens is 542 g/mol. The second-order valence-corrected chi connectivity index (χ2v) is 13.5. The van der Waals surface area contributed by atoms with Crippen molar-refractivity contribution in [2.24, 2.45) is 39.9 Å². The molecule has 7 bridgehead atoms. The van der Waals surface area contributed by atoms with Crippen molar-refractivity contribution in [1.29, 1.82) is 0 Å². The quantitative estimate of drug-likeness (QED) is 0.238. The second-order valence-electron chi connectivity index (χ2n) is 13.5. The Morgan fingerprint density at radius 1 is 1.05 bits per heavy atom. The Hall–Kier alpha value is -3.37. The minimum absolute atomic E-state index is 0.0495. The molecule has 2 spiro atoms. The predicted molar refractivity (Wildman–Crippen MR) is 144 cm³/mol. The lowest BCUT2D eigenvalue weighted by Gasteiger charge is -2.68. The standard InChI is InChI=1S/C32H35NO9/c1-14-11-31-20-22(37)19(14)23(38)25(31)32-24(21(33(5)26(20)32)28(31)41-16(3)36)30(4,13-34)12-18(27(32)40-15(2)35)42-29(39)17-9-7-6-8-10-17/h6-10,13,18-21,23-28,38H,1,11-12H2,2-5H3. The molecule has 9 rings (SSSR count). The number of hydrogen-bond acceptors (Lipinski definition) is 10. The minimum Gasteiger partial charge on any atom is -0.460 e. The van der Waals surface area contributed by atoms with Crippen LogP contribution in [0, 0.1) is 39.9 Å². The molecule has 8 aliphatic rings. The van der Waals surface area contributed by atoms with Gasteiger partial charge in [-0.05, 0) is 25.6 Å². The lowest BCUT2D eigenvalue weighted by molar-refractivity contribution is -0.268. The largest absolute Gasteiger partial charge is 0.460 e. The zero-order valence-electron chi connectivity index (χ0n) is 24.0. The molecule has 1 aromatic carbocycles. The number of likely N-dealkylation sites (N-methyl/N-ethyl adjacent to an activating group) is 1. The van der Waals surface area contributed by atoms with E-state index in [0.29, 0.717) is 17.6 Å². The Morgan fingerprint density at radius 2 is 1.69 bits per heavy atom. The number of fused-ring (bicyclic) bond motifs is 1. The molecule has 1 N–H and O–H groups in total. The highest BCUT2D eigenvalue weighted by Gasteiger charge is 2.93. The van der Waals surface area contributed by atoms with Crippen LogP contribution in [0.1, 0.15) is 44.0 Å². The molecule has 0 amide bonds. The number of esters is 3. The van der Waals surface area contributed by atoms with Crippen molar-refractivity contribution in [3.63, 3.8) is 0 Å². The van der Waals surface area contributed by atoms with Gasteiger partial charge in [0.2, 0.25) is 0 Å². The fraction of sp³-hybridized carbons (Fsp3) is 0.594. The van der Waals surface area contributed by atoms with Gasteiger partial charge in [0.15, 0.2) is 0 Å². The first kappa shape index (κ1) is 27.5. The number of carbonyl (C=O) groups excluding carboxylic acids is 5. The summed E-state index contributed by atoms with van der Waals surface area (Å²) in [4.78, 5) is 68.2. The van der Waals surface area contributed by atoms with Crippen molar-refractivity contribution in [1.82, 2.24) is 4.90 Å². The molecule has 8 fully saturated rings. The molecule has 2 aliphatic heterocycles. The lowest BCUT2D eigenvalue weighted by atomic mass is 9.38. The van der Waals surface area contributed by atoms with E-state index in [1.165, 1.54) is 13.8 Å². The van der Waals surface area contributed by atoms with Gasteiger partial charge < -0.3 is 24.1 Å². The maximum Gasteiger partial charge on any atom is 0.338 e. The van der Waals surface area contributed by atoms with E-state index in [4.69, 9.17) is 14.2 Å². The first-order chi connectivity index (χ1) is 19.9. The summed E-state index contributed by atoms with van der Waals surface area (Å²) in [7, 11) is 1.85. The molecule has 2 heterocycles. The van der Waals surface area contributed by atoms with Crippen LogP contribution < -0.4 is 0 Å². The van der Waals surface area contributed by atoms with Gasteiger partial charge in [-0.25, -0.2) is 4.79 Å². The Morgan fingerprint density at radius 3 is 2.31 bits per heavy atom. The maximum absolute atomic E-state index is 14.2. The van der Waals surface area contributed by atoms with Gasteiger partial charge in [-0.15, -0.1) is 0 Å². The van der Waals surface area contributed by atoms with Gasteiger partial charge in [-0.2, -0.15) is 0 Å². The SMILES string of the molecule is C=C1CC23C(OC(C)=O)C4C5C(C)(C=O)CC(OC(=O)c6ccccc6)C(OC(C)=O)C56C(C2C(=O)C1C(O)C36)N4C. The fourth-order valence-corrected chi connectivity index (χ4v) is 11.2. The summed E-state index contributed by atoms with van der Waals surface area (Å²) in [6.45, 7) is 8.55. The number of piperidine rings is 1. The van der Waals surface area contributed by atoms with Crippen LogP contribution in [-0.4, -0.2) is 83.5 Å². The van der Waals surface area contributed by atoms with Crippen LogP contribution in [0.25, 0.3) is 0 Å². The lowest BCUT2D eigenvalue weighted by Crippen LogP contribution is -2.77. The Bertz CT molecular complexity index is 1440. The second kappa shape index (κ2) is 8.60. The van der Waals surface area contributed by atoms with E-state index in [1.807, 2.05) is 11.9 Å². The van der Waals surface area contributed by atoms with Crippen LogP contribution in [0.15, 0.2) is 42.5 Å². The molecular formula is C32H35NO9. The van der Waals surface area contributed by atoms with E-state index in [9.17, 15) is 29.1 Å². The first-order valence-corrected chi connectivity index (χ1v) is 14.5. The zero-order chi connectivity index (χ0) is 30.1. The van der Waals surface area contributed by atoms with Crippen molar-refractivity contribution in [2.45, 2.75) is 70.1 Å². The van der Waals surface area contributed by atoms with E-state index >= 15 is 0 Å². The van der Waals surface area contributed by atoms with Crippen molar-refractivity contribution < 1.29 is 43.3 Å². The first-order valence-electron chi connectivity index (χ1n) is 14.5. The molecule has 0 aromatic heterocycles. The molecule has 222 valence electrons. The van der Waals surface area contributed by atoms with Gasteiger partial charge in [-0.3, -0.25) is 19.3 Å². The number of nitrogens with zero attached hydrogens (tertiary/aromatic N) is 1. The van der Waals surface area contributed by atoms with Crippen LogP contribution in [-0.2, 0) is 33.4 Å². The molecule has 13 atom stereocenters. The van der Waals surface area contributed by atoms with E-state index in [0.717, 1.165) is 6.29 Å². The van der Waals surface area contributed by atoms with Gasteiger partial charge in [0.25, 0.3) is 0 Å². The number of ketones is 1. The number of aliphatic hydroxyl groups is 1. The summed E-state index contributed by atoms with van der Waals surface area (Å²) < 4.78 is 18.4. The zero-order valence-corrected chi connectivity index (χ0v) is 24.0. The summed E-state index contributed by atoms with van der Waals surface area (Å²) in [6, 6.07) is 7.37. The Kier molecular flexibility index (Phi) is 5.62. The molecule has 6 saturated carbocycles. The third kappa shape index (κ3) is 2.95. The number of rotatable bonds is 5. The van der Waals surface area contributed by atoms with Gasteiger partial charge >= 0.3 is 17.9 Å². The van der Waals surface area contributed by atoms with Crippen LogP contribution in [0.2, 0.25) is 0 Å². The van der Waals surface area contributed by atoms with Crippen LogP contribution in [0.5, 0.6) is 0 Å². The minimum atomic E-state index is -1.20. The van der Waals surface area contributed by atoms with Gasteiger partial charge in [0.1, 0.15) is 30.4 Å². The van der Waals surface area contributed by atoms with Gasteiger partial charge in [-0.1, -0.05) is 37.3 Å². The number of aliphatic hydroxyl groups excluding tert-OH is 1. The fourth-order valence-electron chi connectivity index (χ4n) is 11.2. The third-order valence-corrected chi connectivity index (χ3v) is 11.7. The van der Waals surface area contributed by atoms with Crippen LogP contribution >= 0.6 is 0 Å². The van der Waals surface area contributed by atoms with Crippen molar-refractivity contribution in [2.75, 3.05) is 7.05 Å². The van der Waals surface area contributed by atoms with Crippen LogP contribution in [0.4, 0.5) is 0 Å². The Balaban J connectivity index is 1.48. The van der Waals surface area contributed by atoms with Gasteiger partial charge in [0, 0.05) is 60.3 Å². The van der Waals surface area contributed by atoms with E-state index in [1.54, 1.807) is 37.3 Å². The highest BCUT2D eigenvalue weighted by atomic mass is 16.6. The molecule has 13 unspecified atom stereocenters. The molecule has 10 nitrogen and oxygen atoms in total. The highest BCUT2D eigenvalue weighted by Crippen LogP contribution is 2.84. The summed E-state index contributed by atoms with van der Waals surface area (Å²) in [5.74, 6) is -4.66. The number of carbonyl (C=O) groups is 5. The topological polar surface area (TPSA) is 137 Å². The summed E-state index contributed by atoms with van der Waals surface area (Å²) in [5, 5.41) is 12.1. The molecule has 2 saturated heterocycles. The molecule has 10 heteroatoms. The molecule has 6 aliphatic carbocycles. The molecule has 0 radical (unpaired) electrons. The highest BCUT2D eigenvalue weighted by molar-refractivity contribution is 5.93. The molecule has 42 heavy (non-hydrogen) atoms. The van der Waals surface area contributed by atoms with Crippen molar-refractivity contribution in [3.05, 3.63) is 48.0 Å². The maximum atomic E-state index is 14.2.